The second-order valence-corrected chi connectivity index (χ2v) is 16.4. The van der Waals surface area contributed by atoms with Crippen molar-refractivity contribution in [3.05, 3.63) is 105 Å². The van der Waals surface area contributed by atoms with Crippen molar-refractivity contribution in [1.82, 2.24) is 30.3 Å². The monoisotopic (exact) mass is 762 g/mol. The third kappa shape index (κ3) is 7.84. The molecular formula is C38H40Cl2N6O5S. The highest BCUT2D eigenvalue weighted by atomic mass is 35.5. The predicted molar refractivity (Wildman–Crippen MR) is 207 cm³/mol. The SMILES string of the molecule is COc1nc(-c2cccc(-c3cccc(-c4ccn5c(=O)c(CNC6CCS(O)(O)CC6)cnc5c4)c3Cl)c2Cl)ccc1CNCC1CCC(=O)N1. The first-order valence-corrected chi connectivity index (χ1v) is 19.8. The van der Waals surface area contributed by atoms with Gasteiger partial charge in [-0.1, -0.05) is 65.7 Å². The average molecular weight is 764 g/mol. The molecule has 5 N–H and O–H groups in total. The number of carbonyl (C=O) groups is 1. The number of aromatic nitrogens is 3. The van der Waals surface area contributed by atoms with Crippen molar-refractivity contribution < 1.29 is 18.6 Å². The Hall–Kier alpha value is -4.01. The van der Waals surface area contributed by atoms with E-state index in [-0.39, 0.29) is 23.6 Å². The van der Waals surface area contributed by atoms with Gasteiger partial charge in [0.25, 0.3) is 5.56 Å². The summed E-state index contributed by atoms with van der Waals surface area (Å²) in [5.74, 6) is 1.34. The maximum absolute atomic E-state index is 13.3. The van der Waals surface area contributed by atoms with Gasteiger partial charge in [0.1, 0.15) is 5.65 Å². The zero-order valence-electron chi connectivity index (χ0n) is 28.6. The minimum Gasteiger partial charge on any atom is -0.481 e. The van der Waals surface area contributed by atoms with Crippen LogP contribution >= 0.6 is 33.8 Å². The minimum atomic E-state index is -2.46. The van der Waals surface area contributed by atoms with Crippen molar-refractivity contribution in [2.24, 2.45) is 0 Å². The summed E-state index contributed by atoms with van der Waals surface area (Å²) in [7, 11) is -0.872. The number of halogens is 2. The number of rotatable bonds is 11. The Morgan fingerprint density at radius 1 is 0.923 bits per heavy atom. The second-order valence-electron chi connectivity index (χ2n) is 13.2. The van der Waals surface area contributed by atoms with Crippen LogP contribution in [0.15, 0.2) is 77.9 Å². The quantitative estimate of drug-likeness (QED) is 0.0982. The Balaban J connectivity index is 1.10. The molecule has 272 valence electrons. The maximum Gasteiger partial charge on any atom is 0.262 e. The molecule has 0 aliphatic carbocycles. The standard InChI is InChI=1S/C38H40Cl2N6O5S/c1-51-37-24(19-41-22-27-9-11-34(47)44-27)8-10-32(45-37)31-7-3-6-30(36(31)40)29-5-2-4-28(35(29)39)23-12-15-46-33(18-23)43-21-25(38(46)48)20-42-26-13-16-52(49,50)17-14-26/h2-8,10,12,15,18,21,26-27,41-42,49-50H,9,11,13-14,16-17,19-20,22H2,1H3,(H,44,47). The van der Waals surface area contributed by atoms with Crippen LogP contribution in [-0.2, 0) is 17.9 Å². The summed E-state index contributed by atoms with van der Waals surface area (Å²) < 4.78 is 26.9. The number of nitrogens with zero attached hydrogens (tertiary/aromatic N) is 3. The summed E-state index contributed by atoms with van der Waals surface area (Å²) in [6.07, 6.45) is 6.01. The Kier molecular flexibility index (Phi) is 10.9. The van der Waals surface area contributed by atoms with Crippen LogP contribution in [0, 0.1) is 0 Å². The van der Waals surface area contributed by atoms with Crippen LogP contribution in [-0.4, -0.2) is 66.6 Å². The van der Waals surface area contributed by atoms with Gasteiger partial charge in [-0.05, 0) is 43.0 Å². The van der Waals surface area contributed by atoms with E-state index in [2.05, 4.69) is 20.9 Å². The van der Waals surface area contributed by atoms with E-state index >= 15 is 0 Å². The van der Waals surface area contributed by atoms with Crippen LogP contribution in [0.1, 0.15) is 36.8 Å². The molecule has 1 unspecified atom stereocenters. The number of hydrogen-bond donors (Lipinski definition) is 5. The average Bonchev–Trinajstić information content (AvgIpc) is 3.56. The first-order chi connectivity index (χ1) is 25.1. The molecule has 1 atom stereocenters. The fraction of sp³-hybridized carbons (Fsp3) is 0.316. The van der Waals surface area contributed by atoms with Crippen LogP contribution in [0.25, 0.3) is 39.2 Å². The summed E-state index contributed by atoms with van der Waals surface area (Å²) in [5, 5.41) is 10.7. The molecule has 5 aromatic rings. The molecule has 2 aliphatic rings. The zero-order valence-corrected chi connectivity index (χ0v) is 30.9. The van der Waals surface area contributed by atoms with Gasteiger partial charge in [-0.3, -0.25) is 23.1 Å². The summed E-state index contributed by atoms with van der Waals surface area (Å²) in [5.41, 5.74) is 6.17. The lowest BCUT2D eigenvalue weighted by atomic mass is 9.97. The van der Waals surface area contributed by atoms with Gasteiger partial charge in [0, 0.05) is 89.9 Å². The Labute approximate surface area is 313 Å². The second kappa shape index (κ2) is 15.5. The third-order valence-electron chi connectivity index (χ3n) is 9.75. The van der Waals surface area contributed by atoms with Crippen molar-refractivity contribution in [1.29, 1.82) is 0 Å². The van der Waals surface area contributed by atoms with Gasteiger partial charge in [0.2, 0.25) is 11.8 Å². The van der Waals surface area contributed by atoms with Crippen LogP contribution in [0.5, 0.6) is 5.88 Å². The zero-order chi connectivity index (χ0) is 36.4. The van der Waals surface area contributed by atoms with Gasteiger partial charge in [0.15, 0.2) is 0 Å². The van der Waals surface area contributed by atoms with Gasteiger partial charge in [-0.25, -0.2) is 9.97 Å². The van der Waals surface area contributed by atoms with Crippen LogP contribution in [0.3, 0.4) is 0 Å². The lowest BCUT2D eigenvalue weighted by molar-refractivity contribution is -0.119. The molecule has 1 amide bonds. The minimum absolute atomic E-state index is 0.0903. The predicted octanol–water partition coefficient (Wildman–Crippen LogP) is 6.78. The Morgan fingerprint density at radius 2 is 1.63 bits per heavy atom. The van der Waals surface area contributed by atoms with Crippen molar-refractivity contribution in [2.45, 2.75) is 50.9 Å². The van der Waals surface area contributed by atoms with Gasteiger partial charge in [0.05, 0.1) is 28.4 Å². The van der Waals surface area contributed by atoms with Crippen LogP contribution < -0.4 is 26.2 Å². The molecule has 52 heavy (non-hydrogen) atoms. The highest BCUT2D eigenvalue weighted by molar-refractivity contribution is 8.24. The molecular weight excluding hydrogens is 723 g/mol. The molecule has 11 nitrogen and oxygen atoms in total. The van der Waals surface area contributed by atoms with E-state index in [0.717, 1.165) is 39.8 Å². The molecule has 2 saturated heterocycles. The molecule has 2 fully saturated rings. The summed E-state index contributed by atoms with van der Waals surface area (Å²) in [6.45, 7) is 1.55. The molecule has 7 rings (SSSR count). The number of nitrogens with one attached hydrogen (secondary N) is 3. The number of methoxy groups -OCH3 is 1. The topological polar surface area (TPSA) is 150 Å². The third-order valence-corrected chi connectivity index (χ3v) is 12.3. The van der Waals surface area contributed by atoms with Gasteiger partial charge >= 0.3 is 0 Å². The van der Waals surface area contributed by atoms with E-state index < -0.39 is 10.6 Å². The fourth-order valence-corrected chi connectivity index (χ4v) is 9.00. The number of ether oxygens (including phenoxy) is 1. The first-order valence-electron chi connectivity index (χ1n) is 17.2. The van der Waals surface area contributed by atoms with E-state index in [1.807, 2.05) is 60.7 Å². The van der Waals surface area contributed by atoms with Gasteiger partial charge in [-0.2, -0.15) is 10.6 Å². The Morgan fingerprint density at radius 3 is 2.35 bits per heavy atom. The molecule has 0 saturated carbocycles. The van der Waals surface area contributed by atoms with Crippen molar-refractivity contribution >= 4 is 45.3 Å². The first kappa shape index (κ1) is 36.4. The highest BCUT2D eigenvalue weighted by Crippen LogP contribution is 2.44. The lowest BCUT2D eigenvalue weighted by Crippen LogP contribution is -2.37. The van der Waals surface area contributed by atoms with E-state index in [1.165, 1.54) is 4.40 Å². The van der Waals surface area contributed by atoms with Crippen molar-refractivity contribution in [3.8, 4) is 39.4 Å². The number of benzene rings is 2. The van der Waals surface area contributed by atoms with E-state index in [0.29, 0.717) is 83.2 Å². The number of hydrogen-bond acceptors (Lipinski definition) is 9. The van der Waals surface area contributed by atoms with Crippen LogP contribution in [0.4, 0.5) is 0 Å². The Bertz CT molecular complexity index is 2190. The normalized spacial score (nSPS) is 18.0. The van der Waals surface area contributed by atoms with E-state index in [9.17, 15) is 18.7 Å². The maximum atomic E-state index is 13.3. The number of pyridine rings is 2. The molecule has 0 radical (unpaired) electrons. The van der Waals surface area contributed by atoms with Crippen molar-refractivity contribution in [3.63, 3.8) is 0 Å². The number of fused-ring (bicyclic) bond motifs is 1. The smallest absolute Gasteiger partial charge is 0.262 e. The fourth-order valence-electron chi connectivity index (χ4n) is 6.81. The number of amides is 1. The highest BCUT2D eigenvalue weighted by Gasteiger charge is 2.24. The summed E-state index contributed by atoms with van der Waals surface area (Å²) in [6, 6.07) is 19.3. The number of carbonyl (C=O) groups excluding carboxylic acids is 1. The lowest BCUT2D eigenvalue weighted by Gasteiger charge is -2.39. The van der Waals surface area contributed by atoms with Gasteiger partial charge < -0.3 is 20.7 Å². The molecule has 0 spiro atoms. The molecule has 3 aromatic heterocycles. The largest absolute Gasteiger partial charge is 0.481 e. The summed E-state index contributed by atoms with van der Waals surface area (Å²) >= 11 is 14.2. The molecule has 0 bridgehead atoms. The molecule has 14 heteroatoms. The summed E-state index contributed by atoms with van der Waals surface area (Å²) in [4.78, 5) is 34.2. The van der Waals surface area contributed by atoms with Crippen LogP contribution in [0.2, 0.25) is 10.0 Å². The van der Waals surface area contributed by atoms with Gasteiger partial charge in [-0.15, -0.1) is 0 Å². The molecule has 5 heterocycles. The van der Waals surface area contributed by atoms with E-state index in [4.69, 9.17) is 32.9 Å². The van der Waals surface area contributed by atoms with Crippen molar-refractivity contribution in [2.75, 3.05) is 25.2 Å². The van der Waals surface area contributed by atoms with E-state index in [1.54, 1.807) is 19.5 Å². The molecule has 2 aliphatic heterocycles. The molecule has 2 aromatic carbocycles.